The van der Waals surface area contributed by atoms with Gasteiger partial charge in [-0.05, 0) is 36.1 Å². The van der Waals surface area contributed by atoms with Gasteiger partial charge in [-0.15, -0.1) is 5.10 Å². The number of rotatable bonds is 5. The van der Waals surface area contributed by atoms with Gasteiger partial charge in [0.25, 0.3) is 0 Å². The Hall–Kier alpha value is -3.28. The first kappa shape index (κ1) is 24.4. The van der Waals surface area contributed by atoms with Crippen LogP contribution in [0.25, 0.3) is 16.9 Å². The Morgan fingerprint density at radius 1 is 1.03 bits per heavy atom. The van der Waals surface area contributed by atoms with E-state index in [2.05, 4.69) is 15.3 Å². The second-order valence-electron chi connectivity index (χ2n) is 6.62. The zero-order chi connectivity index (χ0) is 24.2. The number of thioether (sulfide) groups is 1. The molecule has 0 saturated carbocycles. The summed E-state index contributed by atoms with van der Waals surface area (Å²) in [5.41, 5.74) is 2.99. The van der Waals surface area contributed by atoms with Crippen LogP contribution in [-0.2, 0) is 12.4 Å². The summed E-state index contributed by atoms with van der Waals surface area (Å²) in [4.78, 5) is 0. The van der Waals surface area contributed by atoms with Crippen molar-refractivity contribution in [1.29, 1.82) is 0 Å². The minimum atomic E-state index is -4.98. The molecular formula is C21H17F6N5S. The molecule has 5 nitrogen and oxygen atoms in total. The molecule has 1 aromatic heterocycles. The molecule has 0 amide bonds. The van der Waals surface area contributed by atoms with Crippen LogP contribution in [0.4, 0.5) is 26.3 Å². The molecule has 174 valence electrons. The Kier molecular flexibility index (Phi) is 7.15. The summed E-state index contributed by atoms with van der Waals surface area (Å²) in [6, 6.07) is 9.84. The second-order valence-corrected chi connectivity index (χ2v) is 7.91. The highest BCUT2D eigenvalue weighted by atomic mass is 32.2. The molecule has 3 aromatic rings. The summed E-state index contributed by atoms with van der Waals surface area (Å²) in [7, 11) is 0. The Labute approximate surface area is 189 Å². The molecule has 0 aliphatic carbocycles. The highest BCUT2D eigenvalue weighted by Gasteiger charge is 2.37. The van der Waals surface area contributed by atoms with E-state index >= 15 is 0 Å². The predicted octanol–water partition coefficient (Wildman–Crippen LogP) is 5.98. The van der Waals surface area contributed by atoms with Crippen LogP contribution in [-0.4, -0.2) is 26.9 Å². The third-order valence-electron chi connectivity index (χ3n) is 4.27. The van der Waals surface area contributed by atoms with E-state index in [4.69, 9.17) is 5.73 Å². The zero-order valence-corrected chi connectivity index (χ0v) is 17.8. The van der Waals surface area contributed by atoms with E-state index in [1.165, 1.54) is 28.9 Å². The molecule has 0 atom stereocenters. The van der Waals surface area contributed by atoms with Crippen LogP contribution in [0.5, 0.6) is 0 Å². The van der Waals surface area contributed by atoms with Crippen molar-refractivity contribution in [2.24, 2.45) is 15.9 Å². The number of nitrogens with two attached hydrogens (primary N) is 1. The van der Waals surface area contributed by atoms with Gasteiger partial charge in [0.05, 0.1) is 23.0 Å². The standard InChI is InChI=1S/C21H17F6N5S/c1-2-33-19(28)30-29-11-14-12-32(17-6-4-3-5-7-17)31-18(14)13-8-15(20(22,23)24)10-16(9-13)21(25,26)27/h3-12H,2H2,1H3,(H2,28,30)/b29-11-. The largest absolute Gasteiger partial charge is 0.416 e. The van der Waals surface area contributed by atoms with Gasteiger partial charge in [0.1, 0.15) is 5.69 Å². The van der Waals surface area contributed by atoms with Crippen molar-refractivity contribution in [3.05, 3.63) is 71.4 Å². The van der Waals surface area contributed by atoms with Crippen molar-refractivity contribution in [3.8, 4) is 16.9 Å². The zero-order valence-electron chi connectivity index (χ0n) is 17.0. The van der Waals surface area contributed by atoms with E-state index in [-0.39, 0.29) is 28.1 Å². The molecule has 0 fully saturated rings. The molecule has 0 bridgehead atoms. The minimum Gasteiger partial charge on any atom is -0.377 e. The molecular weight excluding hydrogens is 468 g/mol. The van der Waals surface area contributed by atoms with E-state index in [0.29, 0.717) is 23.6 Å². The molecule has 0 radical (unpaired) electrons. The van der Waals surface area contributed by atoms with E-state index < -0.39 is 23.5 Å². The summed E-state index contributed by atoms with van der Waals surface area (Å²) in [5, 5.41) is 12.0. The fourth-order valence-electron chi connectivity index (χ4n) is 2.84. The van der Waals surface area contributed by atoms with Crippen LogP contribution in [0.1, 0.15) is 23.6 Å². The number of amidine groups is 1. The van der Waals surface area contributed by atoms with E-state index in [1.54, 1.807) is 30.3 Å². The highest BCUT2D eigenvalue weighted by Crippen LogP contribution is 2.39. The van der Waals surface area contributed by atoms with Gasteiger partial charge in [0.15, 0.2) is 5.17 Å². The number of alkyl halides is 6. The van der Waals surface area contributed by atoms with Crippen molar-refractivity contribution in [2.75, 3.05) is 5.75 Å². The first-order chi connectivity index (χ1) is 15.5. The number of hydrogen-bond acceptors (Lipinski definition) is 4. The summed E-state index contributed by atoms with van der Waals surface area (Å²) in [5.74, 6) is 0.645. The molecule has 2 N–H and O–H groups in total. The van der Waals surface area contributed by atoms with Gasteiger partial charge in [0, 0.05) is 17.3 Å². The molecule has 0 saturated heterocycles. The number of halogens is 6. The lowest BCUT2D eigenvalue weighted by Crippen LogP contribution is -2.11. The van der Waals surface area contributed by atoms with Crippen LogP contribution >= 0.6 is 11.8 Å². The third kappa shape index (κ3) is 6.15. The van der Waals surface area contributed by atoms with Gasteiger partial charge in [-0.2, -0.15) is 36.5 Å². The Morgan fingerprint density at radius 3 is 2.18 bits per heavy atom. The van der Waals surface area contributed by atoms with Gasteiger partial charge >= 0.3 is 12.4 Å². The summed E-state index contributed by atoms with van der Waals surface area (Å²) >= 11 is 1.22. The number of aromatic nitrogens is 2. The minimum absolute atomic E-state index is 0.0679. The normalized spacial score (nSPS) is 13.1. The van der Waals surface area contributed by atoms with Crippen molar-refractivity contribution >= 4 is 23.1 Å². The number of hydrogen-bond donors (Lipinski definition) is 1. The summed E-state index contributed by atoms with van der Waals surface area (Å²) < 4.78 is 81.3. The molecule has 0 aliphatic heterocycles. The van der Waals surface area contributed by atoms with E-state index in [9.17, 15) is 26.3 Å². The SMILES string of the molecule is CCS/C(N)=N\N=C/c1cn(-c2ccccc2)nc1-c1cc(C(F)(F)F)cc(C(F)(F)F)c1. The lowest BCUT2D eigenvalue weighted by Gasteiger charge is -2.13. The third-order valence-corrected chi connectivity index (χ3v) is 4.94. The van der Waals surface area contributed by atoms with Crippen molar-refractivity contribution < 1.29 is 26.3 Å². The fourth-order valence-corrected chi connectivity index (χ4v) is 3.24. The van der Waals surface area contributed by atoms with Gasteiger partial charge in [-0.3, -0.25) is 0 Å². The van der Waals surface area contributed by atoms with Gasteiger partial charge < -0.3 is 5.73 Å². The molecule has 33 heavy (non-hydrogen) atoms. The lowest BCUT2D eigenvalue weighted by molar-refractivity contribution is -0.143. The summed E-state index contributed by atoms with van der Waals surface area (Å²) in [6.07, 6.45) is -7.36. The first-order valence-electron chi connectivity index (χ1n) is 9.43. The quantitative estimate of drug-likeness (QED) is 0.209. The maximum Gasteiger partial charge on any atom is 0.416 e. The molecule has 0 aliphatic rings. The van der Waals surface area contributed by atoms with Crippen LogP contribution < -0.4 is 5.73 Å². The smallest absolute Gasteiger partial charge is 0.377 e. The van der Waals surface area contributed by atoms with Crippen LogP contribution in [0.3, 0.4) is 0 Å². The average Bonchev–Trinajstić information content (AvgIpc) is 3.17. The lowest BCUT2D eigenvalue weighted by atomic mass is 10.0. The summed E-state index contributed by atoms with van der Waals surface area (Å²) in [6.45, 7) is 1.85. The molecule has 1 heterocycles. The van der Waals surface area contributed by atoms with Crippen molar-refractivity contribution in [3.63, 3.8) is 0 Å². The Balaban J connectivity index is 2.19. The Morgan fingerprint density at radius 2 is 1.64 bits per heavy atom. The number of para-hydroxylation sites is 1. The van der Waals surface area contributed by atoms with Crippen LogP contribution in [0, 0.1) is 0 Å². The fraction of sp³-hybridized carbons (Fsp3) is 0.190. The van der Waals surface area contributed by atoms with Crippen molar-refractivity contribution in [2.45, 2.75) is 19.3 Å². The average molecular weight is 485 g/mol. The molecule has 3 rings (SSSR count). The molecule has 2 aromatic carbocycles. The van der Waals surface area contributed by atoms with Gasteiger partial charge in [0.2, 0.25) is 0 Å². The Bertz CT molecular complexity index is 1130. The molecule has 0 unspecified atom stereocenters. The number of benzene rings is 2. The van der Waals surface area contributed by atoms with Crippen LogP contribution in [0.15, 0.2) is 64.9 Å². The van der Waals surface area contributed by atoms with Gasteiger partial charge in [-0.25, -0.2) is 4.68 Å². The van der Waals surface area contributed by atoms with Crippen LogP contribution in [0.2, 0.25) is 0 Å². The number of nitrogens with zero attached hydrogens (tertiary/aromatic N) is 4. The van der Waals surface area contributed by atoms with Gasteiger partial charge in [-0.1, -0.05) is 36.9 Å². The predicted molar refractivity (Wildman–Crippen MR) is 116 cm³/mol. The molecule has 0 spiro atoms. The van der Waals surface area contributed by atoms with Crippen molar-refractivity contribution in [1.82, 2.24) is 9.78 Å². The first-order valence-corrected chi connectivity index (χ1v) is 10.4. The van der Waals surface area contributed by atoms with E-state index in [1.807, 2.05) is 6.92 Å². The topological polar surface area (TPSA) is 68.6 Å². The second kappa shape index (κ2) is 9.69. The maximum atomic E-state index is 13.3. The highest BCUT2D eigenvalue weighted by molar-refractivity contribution is 8.13. The molecule has 12 heteroatoms. The monoisotopic (exact) mass is 485 g/mol. The maximum absolute atomic E-state index is 13.3. The van der Waals surface area contributed by atoms with E-state index in [0.717, 1.165) is 0 Å².